The van der Waals surface area contributed by atoms with Gasteiger partial charge in [0.2, 0.25) is 5.91 Å². The summed E-state index contributed by atoms with van der Waals surface area (Å²) < 4.78 is 37.1. The minimum atomic E-state index is -3.52. The Bertz CT molecular complexity index is 626. The molecule has 1 unspecified atom stereocenters. The largest absolute Gasteiger partial charge is 0.340 e. The van der Waals surface area contributed by atoms with E-state index in [-0.39, 0.29) is 18.1 Å². The van der Waals surface area contributed by atoms with E-state index in [2.05, 4.69) is 0 Å². The van der Waals surface area contributed by atoms with Gasteiger partial charge in [-0.1, -0.05) is 24.3 Å². The van der Waals surface area contributed by atoms with Crippen LogP contribution in [0.3, 0.4) is 0 Å². The van der Waals surface area contributed by atoms with Gasteiger partial charge in [0.25, 0.3) is 0 Å². The number of hydrogen-bond donors (Lipinski definition) is 0. The van der Waals surface area contributed by atoms with Gasteiger partial charge in [-0.25, -0.2) is 12.8 Å². The number of amides is 1. The van der Waals surface area contributed by atoms with Gasteiger partial charge in [0.05, 0.1) is 5.75 Å². The Morgan fingerprint density at radius 1 is 1.43 bits per heavy atom. The van der Waals surface area contributed by atoms with E-state index in [1.54, 1.807) is 25.1 Å². The first kappa shape index (κ1) is 17.4. The van der Waals surface area contributed by atoms with E-state index >= 15 is 0 Å². The van der Waals surface area contributed by atoms with Gasteiger partial charge in [-0.15, -0.1) is 0 Å². The zero-order valence-electron chi connectivity index (χ0n) is 12.4. The number of sulfone groups is 1. The number of halogens is 1. The highest BCUT2D eigenvalue weighted by molar-refractivity contribution is 7.92. The molecule has 116 valence electrons. The number of hydrogen-bond acceptors (Lipinski definition) is 3. The second-order valence-corrected chi connectivity index (χ2v) is 7.23. The monoisotopic (exact) mass is 313 g/mol. The lowest BCUT2D eigenvalue weighted by molar-refractivity contribution is -0.129. The third kappa shape index (κ3) is 4.97. The number of carbonyl (C=O) groups excluding carboxylic acids is 1. The predicted octanol–water partition coefficient (Wildman–Crippen LogP) is 2.16. The van der Waals surface area contributed by atoms with E-state index in [0.717, 1.165) is 0 Å². The number of benzene rings is 1. The standard InChI is InChI=1S/C15H20FNO3S/c1-4-5-9-21(19,20)12(2)15(18)17(3)11-13-7-6-8-14(16)10-13/h4-8,10,12H,9,11H2,1-3H3/b5-4+. The topological polar surface area (TPSA) is 54.5 Å². The van der Waals surface area contributed by atoms with E-state index in [1.165, 1.54) is 37.1 Å². The molecule has 1 rings (SSSR count). The second-order valence-electron chi connectivity index (χ2n) is 4.87. The summed E-state index contributed by atoms with van der Waals surface area (Å²) in [7, 11) is -2.01. The highest BCUT2D eigenvalue weighted by atomic mass is 32.2. The highest BCUT2D eigenvalue weighted by Gasteiger charge is 2.29. The number of rotatable bonds is 6. The van der Waals surface area contributed by atoms with Crippen LogP contribution in [0.25, 0.3) is 0 Å². The summed E-state index contributed by atoms with van der Waals surface area (Å²) in [4.78, 5) is 13.5. The van der Waals surface area contributed by atoms with Gasteiger partial charge in [-0.3, -0.25) is 4.79 Å². The summed E-state index contributed by atoms with van der Waals surface area (Å²) >= 11 is 0. The van der Waals surface area contributed by atoms with Crippen LogP contribution >= 0.6 is 0 Å². The molecule has 1 amide bonds. The van der Waals surface area contributed by atoms with Crippen molar-refractivity contribution in [2.24, 2.45) is 0 Å². The van der Waals surface area contributed by atoms with E-state index in [9.17, 15) is 17.6 Å². The Morgan fingerprint density at radius 3 is 2.67 bits per heavy atom. The average Bonchev–Trinajstić information content (AvgIpc) is 2.43. The fourth-order valence-electron chi connectivity index (χ4n) is 1.83. The van der Waals surface area contributed by atoms with Gasteiger partial charge in [0.15, 0.2) is 9.84 Å². The van der Waals surface area contributed by atoms with Gasteiger partial charge >= 0.3 is 0 Å². The third-order valence-corrected chi connectivity index (χ3v) is 5.07. The molecule has 0 bridgehead atoms. The van der Waals surface area contributed by atoms with Crippen molar-refractivity contribution in [2.75, 3.05) is 12.8 Å². The van der Waals surface area contributed by atoms with Gasteiger partial charge in [-0.2, -0.15) is 0 Å². The lowest BCUT2D eigenvalue weighted by atomic mass is 10.2. The van der Waals surface area contributed by atoms with Crippen molar-refractivity contribution in [1.82, 2.24) is 4.90 Å². The van der Waals surface area contributed by atoms with Gasteiger partial charge in [0, 0.05) is 13.6 Å². The second kappa shape index (κ2) is 7.36. The van der Waals surface area contributed by atoms with E-state index < -0.39 is 21.0 Å². The number of nitrogens with zero attached hydrogens (tertiary/aromatic N) is 1. The number of allylic oxidation sites excluding steroid dienone is 1. The molecule has 0 heterocycles. The molecule has 0 aliphatic carbocycles. The lowest BCUT2D eigenvalue weighted by Crippen LogP contribution is -2.39. The maximum atomic E-state index is 13.1. The van der Waals surface area contributed by atoms with Crippen molar-refractivity contribution in [3.05, 3.63) is 47.8 Å². The zero-order valence-corrected chi connectivity index (χ0v) is 13.2. The molecule has 1 aromatic carbocycles. The Morgan fingerprint density at radius 2 is 2.10 bits per heavy atom. The Kier molecular flexibility index (Phi) is 6.08. The first-order valence-electron chi connectivity index (χ1n) is 6.60. The van der Waals surface area contributed by atoms with Crippen molar-refractivity contribution < 1.29 is 17.6 Å². The van der Waals surface area contributed by atoms with Crippen LogP contribution in [-0.2, 0) is 21.2 Å². The smallest absolute Gasteiger partial charge is 0.240 e. The normalized spacial score (nSPS) is 13.3. The van der Waals surface area contributed by atoms with Crippen molar-refractivity contribution in [3.8, 4) is 0 Å². The van der Waals surface area contributed by atoms with Crippen LogP contribution in [0.4, 0.5) is 4.39 Å². The molecule has 0 fully saturated rings. The highest BCUT2D eigenvalue weighted by Crippen LogP contribution is 2.11. The predicted molar refractivity (Wildman–Crippen MR) is 80.9 cm³/mol. The maximum absolute atomic E-state index is 13.1. The molecule has 0 aliphatic rings. The van der Waals surface area contributed by atoms with Crippen LogP contribution in [-0.4, -0.2) is 37.3 Å². The molecule has 1 atom stereocenters. The fraction of sp³-hybridized carbons (Fsp3) is 0.400. The molecular formula is C15H20FNO3S. The Labute approximate surface area is 125 Å². The summed E-state index contributed by atoms with van der Waals surface area (Å²) in [6.07, 6.45) is 3.14. The molecule has 21 heavy (non-hydrogen) atoms. The van der Waals surface area contributed by atoms with Crippen LogP contribution in [0.5, 0.6) is 0 Å². The first-order chi connectivity index (χ1) is 9.77. The van der Waals surface area contributed by atoms with E-state index in [1.807, 2.05) is 0 Å². The fourth-order valence-corrected chi connectivity index (χ4v) is 3.06. The van der Waals surface area contributed by atoms with Crippen LogP contribution in [0.1, 0.15) is 19.4 Å². The summed E-state index contributed by atoms with van der Waals surface area (Å²) in [5, 5.41) is -1.12. The quantitative estimate of drug-likeness (QED) is 0.756. The molecule has 0 N–H and O–H groups in total. The number of carbonyl (C=O) groups is 1. The SMILES string of the molecule is C/C=C/CS(=O)(=O)C(C)C(=O)N(C)Cc1cccc(F)c1. The molecule has 0 radical (unpaired) electrons. The van der Waals surface area contributed by atoms with Crippen molar-refractivity contribution >= 4 is 15.7 Å². The van der Waals surface area contributed by atoms with E-state index in [4.69, 9.17) is 0 Å². The summed E-state index contributed by atoms with van der Waals surface area (Å²) in [6.45, 7) is 3.27. The molecule has 1 aromatic rings. The van der Waals surface area contributed by atoms with Gasteiger partial charge in [-0.05, 0) is 31.5 Å². The molecule has 4 nitrogen and oxygen atoms in total. The summed E-state index contributed by atoms with van der Waals surface area (Å²) in [5.74, 6) is -1.05. The Balaban J connectivity index is 2.78. The van der Waals surface area contributed by atoms with Crippen LogP contribution in [0.15, 0.2) is 36.4 Å². The molecular weight excluding hydrogens is 293 g/mol. The summed E-state index contributed by atoms with van der Waals surface area (Å²) in [6, 6.07) is 5.87. The zero-order chi connectivity index (χ0) is 16.0. The molecule has 0 spiro atoms. The molecule has 0 saturated heterocycles. The molecule has 0 aromatic heterocycles. The van der Waals surface area contributed by atoms with Crippen LogP contribution < -0.4 is 0 Å². The van der Waals surface area contributed by atoms with Crippen molar-refractivity contribution in [3.63, 3.8) is 0 Å². The van der Waals surface area contributed by atoms with Gasteiger partial charge in [0.1, 0.15) is 11.1 Å². The van der Waals surface area contributed by atoms with E-state index in [0.29, 0.717) is 5.56 Å². The van der Waals surface area contributed by atoms with Crippen LogP contribution in [0.2, 0.25) is 0 Å². The third-order valence-electron chi connectivity index (χ3n) is 3.14. The molecule has 6 heteroatoms. The maximum Gasteiger partial charge on any atom is 0.240 e. The molecule has 0 aliphatic heterocycles. The van der Waals surface area contributed by atoms with Crippen molar-refractivity contribution in [1.29, 1.82) is 0 Å². The first-order valence-corrected chi connectivity index (χ1v) is 8.31. The minimum absolute atomic E-state index is 0.162. The van der Waals surface area contributed by atoms with Crippen molar-refractivity contribution in [2.45, 2.75) is 25.6 Å². The Hall–Kier alpha value is -1.69. The summed E-state index contributed by atoms with van der Waals surface area (Å²) in [5.41, 5.74) is 0.615. The lowest BCUT2D eigenvalue weighted by Gasteiger charge is -2.21. The van der Waals surface area contributed by atoms with Crippen LogP contribution in [0, 0.1) is 5.82 Å². The average molecular weight is 313 g/mol. The van der Waals surface area contributed by atoms with Gasteiger partial charge < -0.3 is 4.90 Å². The molecule has 0 saturated carbocycles. The minimum Gasteiger partial charge on any atom is -0.340 e.